The van der Waals surface area contributed by atoms with Crippen LogP contribution < -0.4 is 0 Å². The minimum absolute atomic E-state index is 0.227. The summed E-state index contributed by atoms with van der Waals surface area (Å²) < 4.78 is 13.4. The molecule has 0 spiro atoms. The molecule has 0 aromatic carbocycles. The minimum Gasteiger partial charge on any atom is -0.257 e. The van der Waals surface area contributed by atoms with Crippen molar-refractivity contribution >= 4 is 15.9 Å². The molecule has 0 N–H and O–H groups in total. The van der Waals surface area contributed by atoms with Gasteiger partial charge in [0, 0.05) is 5.69 Å². The van der Waals surface area contributed by atoms with Gasteiger partial charge in [-0.05, 0) is 35.3 Å². The lowest BCUT2D eigenvalue weighted by molar-refractivity contribution is 0.612. The molecule has 0 aliphatic rings. The average Bonchev–Trinajstić information content (AvgIpc) is 1.96. The summed E-state index contributed by atoms with van der Waals surface area (Å²) in [5.74, 6) is -0.227. The van der Waals surface area contributed by atoms with Crippen molar-refractivity contribution < 1.29 is 4.39 Å². The number of aromatic nitrogens is 1. The van der Waals surface area contributed by atoms with Gasteiger partial charge in [-0.15, -0.1) is 0 Å². The summed E-state index contributed by atoms with van der Waals surface area (Å²) in [6.45, 7) is 3.74. The molecule has 1 rings (SSSR count). The lowest BCUT2D eigenvalue weighted by Gasteiger charge is -2.02. The van der Waals surface area contributed by atoms with Crippen molar-refractivity contribution in [2.75, 3.05) is 0 Å². The summed E-state index contributed by atoms with van der Waals surface area (Å²) in [6, 6.07) is 1.42. The van der Waals surface area contributed by atoms with E-state index in [-0.39, 0.29) is 5.82 Å². The predicted molar refractivity (Wildman–Crippen MR) is 46.0 cm³/mol. The first-order valence-electron chi connectivity index (χ1n) is 3.46. The van der Waals surface area contributed by atoms with Gasteiger partial charge in [0.2, 0.25) is 0 Å². The third-order valence-electron chi connectivity index (χ3n) is 1.44. The predicted octanol–water partition coefficient (Wildman–Crippen LogP) is 2.85. The highest BCUT2D eigenvalue weighted by Gasteiger charge is 2.05. The van der Waals surface area contributed by atoms with Crippen LogP contribution in [0.2, 0.25) is 0 Å². The Morgan fingerprint density at radius 1 is 1.64 bits per heavy atom. The monoisotopic (exact) mass is 217 g/mol. The molecule has 1 aromatic heterocycles. The molecule has 11 heavy (non-hydrogen) atoms. The van der Waals surface area contributed by atoms with Crippen LogP contribution in [0.3, 0.4) is 0 Å². The molecule has 0 aliphatic carbocycles. The van der Waals surface area contributed by atoms with Crippen molar-refractivity contribution in [1.82, 2.24) is 4.98 Å². The van der Waals surface area contributed by atoms with Crippen molar-refractivity contribution in [3.63, 3.8) is 0 Å². The van der Waals surface area contributed by atoms with Gasteiger partial charge in [-0.2, -0.15) is 0 Å². The number of hydrogen-bond donors (Lipinski definition) is 0. The molecule has 0 aliphatic heterocycles. The topological polar surface area (TPSA) is 12.9 Å². The molecule has 0 radical (unpaired) electrons. The van der Waals surface area contributed by atoms with Crippen LogP contribution in [0.4, 0.5) is 4.39 Å². The Labute approximate surface area is 73.8 Å². The van der Waals surface area contributed by atoms with Crippen LogP contribution in [0.25, 0.3) is 0 Å². The molecular weight excluding hydrogens is 209 g/mol. The van der Waals surface area contributed by atoms with E-state index in [1.54, 1.807) is 6.92 Å². The minimum atomic E-state index is -0.227. The summed E-state index contributed by atoms with van der Waals surface area (Å²) >= 11 is 3.14. The molecule has 0 saturated heterocycles. The number of nitrogens with zero attached hydrogens (tertiary/aromatic N) is 1. The maximum Gasteiger partial charge on any atom is 0.141 e. The molecular formula is C8H9BrFN. The summed E-state index contributed by atoms with van der Waals surface area (Å²) in [5, 5.41) is 0. The van der Waals surface area contributed by atoms with E-state index in [1.807, 2.05) is 6.92 Å². The van der Waals surface area contributed by atoms with E-state index in [1.165, 1.54) is 6.07 Å². The van der Waals surface area contributed by atoms with Crippen molar-refractivity contribution in [2.24, 2.45) is 0 Å². The Hall–Kier alpha value is -0.440. The van der Waals surface area contributed by atoms with Gasteiger partial charge in [-0.25, -0.2) is 4.39 Å². The standard InChI is InChI=1S/C8H9BrFN/c1-3-7-8(9)6(10)4-5(2)11-7/h4H,3H2,1-2H3. The Balaban J connectivity index is 3.24. The van der Waals surface area contributed by atoms with Gasteiger partial charge in [0.1, 0.15) is 5.82 Å². The Morgan fingerprint density at radius 2 is 2.27 bits per heavy atom. The van der Waals surface area contributed by atoms with Gasteiger partial charge in [0.05, 0.1) is 10.2 Å². The van der Waals surface area contributed by atoms with Crippen LogP contribution in [0.15, 0.2) is 10.5 Å². The quantitative estimate of drug-likeness (QED) is 0.706. The number of pyridine rings is 1. The molecule has 0 amide bonds. The molecule has 1 heterocycles. The van der Waals surface area contributed by atoms with Gasteiger partial charge in [-0.3, -0.25) is 4.98 Å². The summed E-state index contributed by atoms with van der Waals surface area (Å²) in [7, 11) is 0. The van der Waals surface area contributed by atoms with Crippen molar-refractivity contribution in [2.45, 2.75) is 20.3 Å². The van der Waals surface area contributed by atoms with E-state index in [0.717, 1.165) is 17.8 Å². The fraction of sp³-hybridized carbons (Fsp3) is 0.375. The van der Waals surface area contributed by atoms with E-state index in [9.17, 15) is 4.39 Å². The van der Waals surface area contributed by atoms with Gasteiger partial charge >= 0.3 is 0 Å². The van der Waals surface area contributed by atoms with E-state index in [2.05, 4.69) is 20.9 Å². The summed E-state index contributed by atoms with van der Waals surface area (Å²) in [4.78, 5) is 4.17. The van der Waals surface area contributed by atoms with Crippen LogP contribution in [0, 0.1) is 12.7 Å². The largest absolute Gasteiger partial charge is 0.257 e. The van der Waals surface area contributed by atoms with Crippen molar-refractivity contribution in [1.29, 1.82) is 0 Å². The highest BCUT2D eigenvalue weighted by molar-refractivity contribution is 9.10. The maximum atomic E-state index is 12.9. The molecule has 3 heteroatoms. The second-order valence-corrected chi connectivity index (χ2v) is 3.15. The van der Waals surface area contributed by atoms with Crippen molar-refractivity contribution in [3.8, 4) is 0 Å². The number of aryl methyl sites for hydroxylation is 2. The first kappa shape index (κ1) is 8.65. The Kier molecular flexibility index (Phi) is 2.60. The molecule has 1 aromatic rings. The smallest absolute Gasteiger partial charge is 0.141 e. The number of halogens is 2. The highest BCUT2D eigenvalue weighted by atomic mass is 79.9. The van der Waals surface area contributed by atoms with Gasteiger partial charge in [-0.1, -0.05) is 6.92 Å². The van der Waals surface area contributed by atoms with Gasteiger partial charge in [0.15, 0.2) is 0 Å². The second-order valence-electron chi connectivity index (χ2n) is 2.36. The van der Waals surface area contributed by atoms with E-state index >= 15 is 0 Å². The number of rotatable bonds is 1. The maximum absolute atomic E-state index is 12.9. The van der Waals surface area contributed by atoms with E-state index in [0.29, 0.717) is 4.47 Å². The van der Waals surface area contributed by atoms with Crippen LogP contribution in [0.5, 0.6) is 0 Å². The molecule has 0 atom stereocenters. The highest BCUT2D eigenvalue weighted by Crippen LogP contribution is 2.19. The summed E-state index contributed by atoms with van der Waals surface area (Å²) in [6.07, 6.45) is 0.749. The summed E-state index contributed by atoms with van der Waals surface area (Å²) in [5.41, 5.74) is 1.50. The SMILES string of the molecule is CCc1nc(C)cc(F)c1Br. The van der Waals surface area contributed by atoms with Crippen LogP contribution in [-0.4, -0.2) is 4.98 Å². The van der Waals surface area contributed by atoms with Crippen LogP contribution in [0.1, 0.15) is 18.3 Å². The molecule has 60 valence electrons. The first-order chi connectivity index (χ1) is 5.15. The van der Waals surface area contributed by atoms with Gasteiger partial charge < -0.3 is 0 Å². The zero-order valence-electron chi connectivity index (χ0n) is 6.49. The lowest BCUT2D eigenvalue weighted by Crippen LogP contribution is -1.94. The third-order valence-corrected chi connectivity index (χ3v) is 2.28. The van der Waals surface area contributed by atoms with Crippen molar-refractivity contribution in [3.05, 3.63) is 27.7 Å². The Bertz CT molecular complexity index is 273. The van der Waals surface area contributed by atoms with E-state index in [4.69, 9.17) is 0 Å². The molecule has 1 nitrogen and oxygen atoms in total. The zero-order chi connectivity index (χ0) is 8.43. The van der Waals surface area contributed by atoms with Gasteiger partial charge in [0.25, 0.3) is 0 Å². The lowest BCUT2D eigenvalue weighted by atomic mass is 10.2. The second kappa shape index (κ2) is 3.30. The fourth-order valence-corrected chi connectivity index (χ4v) is 1.40. The van der Waals surface area contributed by atoms with Crippen LogP contribution in [-0.2, 0) is 6.42 Å². The average molecular weight is 218 g/mol. The molecule has 0 saturated carbocycles. The zero-order valence-corrected chi connectivity index (χ0v) is 8.07. The first-order valence-corrected chi connectivity index (χ1v) is 4.26. The molecule has 0 unspecified atom stereocenters. The molecule has 0 bridgehead atoms. The third kappa shape index (κ3) is 1.77. The normalized spacial score (nSPS) is 10.2. The van der Waals surface area contributed by atoms with Crippen LogP contribution >= 0.6 is 15.9 Å². The molecule has 0 fully saturated rings. The van der Waals surface area contributed by atoms with E-state index < -0.39 is 0 Å². The number of hydrogen-bond acceptors (Lipinski definition) is 1. The fourth-order valence-electron chi connectivity index (χ4n) is 0.913. The Morgan fingerprint density at radius 3 is 2.82 bits per heavy atom.